The fourth-order valence-electron chi connectivity index (χ4n) is 2.04. The lowest BCUT2D eigenvalue weighted by atomic mass is 9.95. The van der Waals surface area contributed by atoms with Crippen molar-refractivity contribution in [2.45, 2.75) is 19.8 Å². The van der Waals surface area contributed by atoms with E-state index < -0.39 is 11.9 Å². The Bertz CT molecular complexity index is 227. The average Bonchev–Trinajstić information content (AvgIpc) is 2.46. The number of hydrogen-bond donors (Lipinski definition) is 2. The summed E-state index contributed by atoms with van der Waals surface area (Å²) in [6.45, 7) is 1.98. The van der Waals surface area contributed by atoms with Crippen molar-refractivity contribution in [2.75, 3.05) is 7.05 Å². The molecule has 1 aliphatic rings. The third-order valence-electron chi connectivity index (χ3n) is 2.70. The van der Waals surface area contributed by atoms with Crippen molar-refractivity contribution in [3.8, 4) is 0 Å². The Morgan fingerprint density at radius 1 is 1.31 bits per heavy atom. The van der Waals surface area contributed by atoms with Gasteiger partial charge in [-0.15, -0.1) is 0 Å². The standard InChI is InChI=1S/C9H15NO3/c1-5-3-6(8(11)10-2)7(4-5)9(12)13/h5-7H,3-4H2,1-2H3,(H,10,11)(H,12,13). The van der Waals surface area contributed by atoms with Crippen LogP contribution in [0, 0.1) is 17.8 Å². The lowest BCUT2D eigenvalue weighted by Gasteiger charge is -2.12. The molecule has 0 aromatic heterocycles. The van der Waals surface area contributed by atoms with Crippen LogP contribution < -0.4 is 5.32 Å². The van der Waals surface area contributed by atoms with E-state index in [4.69, 9.17) is 5.11 Å². The van der Waals surface area contributed by atoms with Gasteiger partial charge in [-0.2, -0.15) is 0 Å². The summed E-state index contributed by atoms with van der Waals surface area (Å²) in [5.41, 5.74) is 0. The van der Waals surface area contributed by atoms with Crippen molar-refractivity contribution in [3.63, 3.8) is 0 Å². The second-order valence-electron chi connectivity index (χ2n) is 3.74. The van der Waals surface area contributed by atoms with E-state index in [1.807, 2.05) is 6.92 Å². The van der Waals surface area contributed by atoms with E-state index in [-0.39, 0.29) is 11.8 Å². The third kappa shape index (κ3) is 1.99. The monoisotopic (exact) mass is 185 g/mol. The number of carbonyl (C=O) groups is 2. The van der Waals surface area contributed by atoms with Gasteiger partial charge in [0.1, 0.15) is 0 Å². The highest BCUT2D eigenvalue weighted by molar-refractivity contribution is 5.85. The van der Waals surface area contributed by atoms with Gasteiger partial charge in [-0.25, -0.2) is 0 Å². The van der Waals surface area contributed by atoms with E-state index in [2.05, 4.69) is 5.32 Å². The Kier molecular flexibility index (Phi) is 2.90. The molecule has 13 heavy (non-hydrogen) atoms. The van der Waals surface area contributed by atoms with E-state index >= 15 is 0 Å². The molecule has 74 valence electrons. The molecule has 1 aliphatic carbocycles. The predicted octanol–water partition coefficient (Wildman–Crippen LogP) is 0.479. The van der Waals surface area contributed by atoms with Gasteiger partial charge in [0.25, 0.3) is 0 Å². The topological polar surface area (TPSA) is 66.4 Å². The van der Waals surface area contributed by atoms with Gasteiger partial charge in [-0.3, -0.25) is 9.59 Å². The fraction of sp³-hybridized carbons (Fsp3) is 0.778. The molecule has 0 radical (unpaired) electrons. The summed E-state index contributed by atoms with van der Waals surface area (Å²) < 4.78 is 0. The van der Waals surface area contributed by atoms with Gasteiger partial charge in [-0.05, 0) is 18.8 Å². The maximum Gasteiger partial charge on any atom is 0.307 e. The Morgan fingerprint density at radius 2 is 1.85 bits per heavy atom. The first-order valence-electron chi connectivity index (χ1n) is 4.50. The lowest BCUT2D eigenvalue weighted by Crippen LogP contribution is -2.32. The van der Waals surface area contributed by atoms with Gasteiger partial charge in [0.2, 0.25) is 5.91 Å². The number of rotatable bonds is 2. The molecule has 2 N–H and O–H groups in total. The van der Waals surface area contributed by atoms with Gasteiger partial charge >= 0.3 is 5.97 Å². The number of carboxylic acids is 1. The molecule has 0 heterocycles. The zero-order valence-electron chi connectivity index (χ0n) is 7.91. The summed E-state index contributed by atoms with van der Waals surface area (Å²) in [6.07, 6.45) is 1.31. The van der Waals surface area contributed by atoms with Crippen molar-refractivity contribution in [1.82, 2.24) is 5.32 Å². The molecular formula is C9H15NO3. The van der Waals surface area contributed by atoms with Crippen molar-refractivity contribution in [3.05, 3.63) is 0 Å². The first-order valence-corrected chi connectivity index (χ1v) is 4.50. The molecule has 3 atom stereocenters. The van der Waals surface area contributed by atoms with Crippen LogP contribution in [0.25, 0.3) is 0 Å². The predicted molar refractivity (Wildman–Crippen MR) is 47.1 cm³/mol. The summed E-state index contributed by atoms with van der Waals surface area (Å²) in [6, 6.07) is 0. The zero-order chi connectivity index (χ0) is 10.0. The SMILES string of the molecule is CNC(=O)C1CC(C)CC1C(=O)O. The van der Waals surface area contributed by atoms with E-state index in [1.165, 1.54) is 0 Å². The van der Waals surface area contributed by atoms with Gasteiger partial charge in [0.05, 0.1) is 11.8 Å². The van der Waals surface area contributed by atoms with Crippen LogP contribution in [0.2, 0.25) is 0 Å². The van der Waals surface area contributed by atoms with E-state index in [0.717, 1.165) is 0 Å². The molecule has 0 aliphatic heterocycles. The number of aliphatic carboxylic acids is 1. The van der Waals surface area contributed by atoms with Gasteiger partial charge in [0.15, 0.2) is 0 Å². The summed E-state index contributed by atoms with van der Waals surface area (Å²) in [4.78, 5) is 22.1. The molecule has 4 heteroatoms. The number of carboxylic acid groups (broad SMARTS) is 1. The third-order valence-corrected chi connectivity index (χ3v) is 2.70. The Labute approximate surface area is 77.3 Å². The van der Waals surface area contributed by atoms with E-state index in [0.29, 0.717) is 18.8 Å². The molecule has 0 aromatic rings. The largest absolute Gasteiger partial charge is 0.481 e. The number of amides is 1. The quantitative estimate of drug-likeness (QED) is 0.657. The molecule has 0 spiro atoms. The highest BCUT2D eigenvalue weighted by Gasteiger charge is 2.40. The fourth-order valence-corrected chi connectivity index (χ4v) is 2.04. The summed E-state index contributed by atoms with van der Waals surface area (Å²) in [5.74, 6) is -1.48. The number of nitrogens with one attached hydrogen (secondary N) is 1. The van der Waals surface area contributed by atoms with Crippen molar-refractivity contribution in [2.24, 2.45) is 17.8 Å². The maximum atomic E-state index is 11.3. The number of hydrogen-bond acceptors (Lipinski definition) is 2. The molecule has 3 unspecified atom stereocenters. The lowest BCUT2D eigenvalue weighted by molar-refractivity contribution is -0.146. The van der Waals surface area contributed by atoms with Crippen LogP contribution in [-0.2, 0) is 9.59 Å². The van der Waals surface area contributed by atoms with Crippen LogP contribution in [0.15, 0.2) is 0 Å². The van der Waals surface area contributed by atoms with Gasteiger partial charge in [0, 0.05) is 7.05 Å². The highest BCUT2D eigenvalue weighted by Crippen LogP contribution is 2.36. The summed E-state index contributed by atoms with van der Waals surface area (Å²) in [5, 5.41) is 11.4. The van der Waals surface area contributed by atoms with Gasteiger partial charge < -0.3 is 10.4 Å². The molecule has 1 fully saturated rings. The van der Waals surface area contributed by atoms with Gasteiger partial charge in [-0.1, -0.05) is 6.92 Å². The van der Waals surface area contributed by atoms with Crippen LogP contribution in [0.5, 0.6) is 0 Å². The highest BCUT2D eigenvalue weighted by atomic mass is 16.4. The molecule has 1 rings (SSSR count). The number of carbonyl (C=O) groups excluding carboxylic acids is 1. The molecule has 0 aromatic carbocycles. The minimum Gasteiger partial charge on any atom is -0.481 e. The van der Waals surface area contributed by atoms with Crippen LogP contribution in [0.1, 0.15) is 19.8 Å². The van der Waals surface area contributed by atoms with Crippen molar-refractivity contribution < 1.29 is 14.7 Å². The summed E-state index contributed by atoms with van der Waals surface area (Å²) >= 11 is 0. The average molecular weight is 185 g/mol. The zero-order valence-corrected chi connectivity index (χ0v) is 7.91. The molecule has 4 nitrogen and oxygen atoms in total. The Balaban J connectivity index is 2.71. The molecule has 1 saturated carbocycles. The van der Waals surface area contributed by atoms with Crippen LogP contribution in [0.3, 0.4) is 0 Å². The minimum absolute atomic E-state index is 0.142. The van der Waals surface area contributed by atoms with Crippen LogP contribution >= 0.6 is 0 Å². The van der Waals surface area contributed by atoms with Crippen molar-refractivity contribution in [1.29, 1.82) is 0 Å². The summed E-state index contributed by atoms with van der Waals surface area (Å²) in [7, 11) is 1.55. The Morgan fingerprint density at radius 3 is 2.31 bits per heavy atom. The van der Waals surface area contributed by atoms with Crippen molar-refractivity contribution >= 4 is 11.9 Å². The van der Waals surface area contributed by atoms with Crippen LogP contribution in [-0.4, -0.2) is 24.0 Å². The Hall–Kier alpha value is -1.06. The molecule has 0 bridgehead atoms. The smallest absolute Gasteiger partial charge is 0.307 e. The normalized spacial score (nSPS) is 32.9. The van der Waals surface area contributed by atoms with E-state index in [9.17, 15) is 9.59 Å². The van der Waals surface area contributed by atoms with E-state index in [1.54, 1.807) is 7.05 Å². The second-order valence-corrected chi connectivity index (χ2v) is 3.74. The first-order chi connectivity index (χ1) is 6.06. The minimum atomic E-state index is -0.849. The molecule has 0 saturated heterocycles. The second kappa shape index (κ2) is 3.77. The van der Waals surface area contributed by atoms with Crippen LogP contribution in [0.4, 0.5) is 0 Å². The first kappa shape index (κ1) is 10.0. The molecule has 1 amide bonds. The molecular weight excluding hydrogens is 170 g/mol. The maximum absolute atomic E-state index is 11.3.